The summed E-state index contributed by atoms with van der Waals surface area (Å²) in [5, 5.41) is 2.94. The largest absolute Gasteiger partial charge is 0.354 e. The molecule has 0 bridgehead atoms. The zero-order valence-corrected chi connectivity index (χ0v) is 13.0. The molecule has 0 fully saturated rings. The molecule has 1 aliphatic carbocycles. The summed E-state index contributed by atoms with van der Waals surface area (Å²) in [6.07, 6.45) is 4.71. The van der Waals surface area contributed by atoms with Gasteiger partial charge in [-0.25, -0.2) is 0 Å². The summed E-state index contributed by atoms with van der Waals surface area (Å²) < 4.78 is 0. The van der Waals surface area contributed by atoms with Gasteiger partial charge in [-0.2, -0.15) is 0 Å². The summed E-state index contributed by atoms with van der Waals surface area (Å²) in [5.74, 6) is 0.0495. The van der Waals surface area contributed by atoms with E-state index in [0.29, 0.717) is 18.4 Å². The number of para-hydroxylation sites is 1. The van der Waals surface area contributed by atoms with Gasteiger partial charge in [-0.05, 0) is 31.4 Å². The molecule has 1 heterocycles. The molecule has 4 heteroatoms. The number of rotatable bonds is 2. The third kappa shape index (κ3) is 2.69. The van der Waals surface area contributed by atoms with Gasteiger partial charge < -0.3 is 10.2 Å². The van der Waals surface area contributed by atoms with Gasteiger partial charge in [0.2, 0.25) is 0 Å². The van der Waals surface area contributed by atoms with Gasteiger partial charge in [0.05, 0.1) is 0 Å². The van der Waals surface area contributed by atoms with Crippen LogP contribution in [-0.4, -0.2) is 23.6 Å². The Morgan fingerprint density at radius 3 is 2.77 bits per heavy atom. The monoisotopic (exact) mass is 296 g/mol. The maximum Gasteiger partial charge on any atom is 0.253 e. The smallest absolute Gasteiger partial charge is 0.253 e. The highest BCUT2D eigenvalue weighted by Crippen LogP contribution is 2.33. The van der Waals surface area contributed by atoms with Crippen molar-refractivity contribution in [3.05, 3.63) is 52.9 Å². The van der Waals surface area contributed by atoms with Crippen LogP contribution in [0.1, 0.15) is 31.2 Å². The van der Waals surface area contributed by atoms with Gasteiger partial charge in [0.1, 0.15) is 0 Å². The minimum atomic E-state index is -0.133. The van der Waals surface area contributed by atoms with E-state index < -0.39 is 0 Å². The molecule has 22 heavy (non-hydrogen) atoms. The Morgan fingerprint density at radius 1 is 1.23 bits per heavy atom. The van der Waals surface area contributed by atoms with E-state index in [-0.39, 0.29) is 11.7 Å². The van der Waals surface area contributed by atoms with E-state index in [1.807, 2.05) is 49.3 Å². The van der Waals surface area contributed by atoms with E-state index in [2.05, 4.69) is 5.32 Å². The van der Waals surface area contributed by atoms with Crippen LogP contribution in [0.4, 0.5) is 5.69 Å². The summed E-state index contributed by atoms with van der Waals surface area (Å²) in [5.41, 5.74) is 4.36. The van der Waals surface area contributed by atoms with Crippen molar-refractivity contribution in [1.82, 2.24) is 4.90 Å². The van der Waals surface area contributed by atoms with Gasteiger partial charge in [-0.3, -0.25) is 9.59 Å². The number of hydrogen-bond donors (Lipinski definition) is 1. The molecule has 1 N–H and O–H groups in total. The predicted molar refractivity (Wildman–Crippen MR) is 86.2 cm³/mol. The molecule has 0 saturated heterocycles. The van der Waals surface area contributed by atoms with Crippen LogP contribution in [0.25, 0.3) is 0 Å². The number of benzene rings is 1. The molecule has 0 unspecified atom stereocenters. The number of aryl methyl sites for hydroxylation is 1. The number of Topliss-reactive ketones (excluding diaryl/α,β-unsaturated/α-hetero) is 1. The molecule has 0 atom stereocenters. The lowest BCUT2D eigenvalue weighted by Gasteiger charge is -2.31. The van der Waals surface area contributed by atoms with Crippen molar-refractivity contribution < 1.29 is 9.59 Å². The van der Waals surface area contributed by atoms with Crippen LogP contribution in [0, 0.1) is 6.92 Å². The number of allylic oxidation sites excluding steroid dienone is 2. The van der Waals surface area contributed by atoms with Gasteiger partial charge in [0, 0.05) is 48.6 Å². The van der Waals surface area contributed by atoms with E-state index in [4.69, 9.17) is 0 Å². The first-order valence-corrected chi connectivity index (χ1v) is 7.62. The second-order valence-corrected chi connectivity index (χ2v) is 5.91. The number of anilines is 1. The summed E-state index contributed by atoms with van der Waals surface area (Å²) in [6.45, 7) is 1.96. The molecule has 2 aliphatic rings. The summed E-state index contributed by atoms with van der Waals surface area (Å²) in [4.78, 5) is 26.6. The maximum absolute atomic E-state index is 12.5. The molecule has 1 aromatic rings. The fourth-order valence-electron chi connectivity index (χ4n) is 3.07. The second-order valence-electron chi connectivity index (χ2n) is 5.91. The van der Waals surface area contributed by atoms with E-state index in [9.17, 15) is 9.59 Å². The van der Waals surface area contributed by atoms with Crippen molar-refractivity contribution in [2.75, 3.05) is 12.4 Å². The molecule has 0 radical (unpaired) electrons. The number of carbonyl (C=O) groups excluding carboxylic acids is 2. The Bertz CT molecular complexity index is 701. The first-order chi connectivity index (χ1) is 10.6. The fourth-order valence-corrected chi connectivity index (χ4v) is 3.07. The van der Waals surface area contributed by atoms with Crippen LogP contribution in [0.3, 0.4) is 0 Å². The Balaban J connectivity index is 1.80. The highest BCUT2D eigenvalue weighted by molar-refractivity contribution is 6.07. The summed E-state index contributed by atoms with van der Waals surface area (Å²) >= 11 is 0. The van der Waals surface area contributed by atoms with Crippen LogP contribution in [0.2, 0.25) is 0 Å². The van der Waals surface area contributed by atoms with Crippen molar-refractivity contribution in [2.45, 2.75) is 32.6 Å². The van der Waals surface area contributed by atoms with Gasteiger partial charge in [-0.15, -0.1) is 0 Å². The Hall–Kier alpha value is -2.36. The molecular formula is C18H20N2O2. The molecule has 114 valence electrons. The molecule has 4 nitrogen and oxygen atoms in total. The molecule has 1 aromatic carbocycles. The number of hydrogen-bond acceptors (Lipinski definition) is 3. The summed E-state index contributed by atoms with van der Waals surface area (Å²) in [6, 6.07) is 7.69. The highest BCUT2D eigenvalue weighted by atomic mass is 16.2. The average molecular weight is 296 g/mol. The minimum Gasteiger partial charge on any atom is -0.354 e. The van der Waals surface area contributed by atoms with E-state index >= 15 is 0 Å². The van der Waals surface area contributed by atoms with Crippen LogP contribution in [0.5, 0.6) is 0 Å². The predicted octanol–water partition coefficient (Wildman–Crippen LogP) is 3.16. The average Bonchev–Trinajstić information content (AvgIpc) is 2.50. The molecule has 0 aromatic heterocycles. The van der Waals surface area contributed by atoms with Crippen molar-refractivity contribution in [3.63, 3.8) is 0 Å². The normalized spacial score (nSPS) is 18.0. The molecule has 1 aliphatic heterocycles. The van der Waals surface area contributed by atoms with Gasteiger partial charge in [0.25, 0.3) is 5.91 Å². The zero-order chi connectivity index (χ0) is 15.7. The second kappa shape index (κ2) is 5.79. The SMILES string of the molecule is Cc1ccccc1NC(=O)C1=CN(C)C2=C(C1)C(=O)CCC2. The quantitative estimate of drug-likeness (QED) is 0.912. The lowest BCUT2D eigenvalue weighted by atomic mass is 9.87. The first kappa shape index (κ1) is 14.6. The Labute approximate surface area is 130 Å². The van der Waals surface area contributed by atoms with Crippen molar-refractivity contribution >= 4 is 17.4 Å². The first-order valence-electron chi connectivity index (χ1n) is 7.62. The van der Waals surface area contributed by atoms with E-state index in [0.717, 1.165) is 35.4 Å². The number of ketones is 1. The fraction of sp³-hybridized carbons (Fsp3) is 0.333. The standard InChI is InChI=1S/C18H20N2O2/c1-12-6-3-4-7-15(12)19-18(22)13-10-14-16(20(2)11-13)8-5-9-17(14)21/h3-4,6-7,11H,5,8-10H2,1-2H3,(H,19,22). The van der Waals surface area contributed by atoms with Gasteiger partial charge >= 0.3 is 0 Å². The van der Waals surface area contributed by atoms with Crippen LogP contribution < -0.4 is 5.32 Å². The van der Waals surface area contributed by atoms with E-state index in [1.54, 1.807) is 0 Å². The maximum atomic E-state index is 12.5. The molecule has 0 saturated carbocycles. The molecule has 0 spiro atoms. The van der Waals surface area contributed by atoms with Gasteiger partial charge in [0.15, 0.2) is 5.78 Å². The van der Waals surface area contributed by atoms with Crippen molar-refractivity contribution in [2.24, 2.45) is 0 Å². The lowest BCUT2D eigenvalue weighted by Crippen LogP contribution is -2.28. The van der Waals surface area contributed by atoms with Crippen molar-refractivity contribution in [1.29, 1.82) is 0 Å². The number of amides is 1. The minimum absolute atomic E-state index is 0.133. The third-order valence-electron chi connectivity index (χ3n) is 4.33. The number of nitrogens with one attached hydrogen (secondary N) is 1. The Kier molecular flexibility index (Phi) is 3.84. The van der Waals surface area contributed by atoms with Crippen LogP contribution >= 0.6 is 0 Å². The molecule has 3 rings (SSSR count). The van der Waals surface area contributed by atoms with E-state index in [1.165, 1.54) is 0 Å². The molecule has 1 amide bonds. The van der Waals surface area contributed by atoms with Crippen LogP contribution in [0.15, 0.2) is 47.3 Å². The molecular weight excluding hydrogens is 276 g/mol. The highest BCUT2D eigenvalue weighted by Gasteiger charge is 2.28. The number of nitrogens with zero attached hydrogens (tertiary/aromatic N) is 1. The van der Waals surface area contributed by atoms with Crippen molar-refractivity contribution in [3.8, 4) is 0 Å². The summed E-state index contributed by atoms with van der Waals surface area (Å²) in [7, 11) is 1.91. The van der Waals surface area contributed by atoms with Gasteiger partial charge in [-0.1, -0.05) is 18.2 Å². The number of carbonyl (C=O) groups is 2. The zero-order valence-electron chi connectivity index (χ0n) is 13.0. The topological polar surface area (TPSA) is 49.4 Å². The lowest BCUT2D eigenvalue weighted by molar-refractivity contribution is -0.116. The Morgan fingerprint density at radius 2 is 2.00 bits per heavy atom. The third-order valence-corrected chi connectivity index (χ3v) is 4.33. The van der Waals surface area contributed by atoms with Crippen LogP contribution in [-0.2, 0) is 9.59 Å².